The summed E-state index contributed by atoms with van der Waals surface area (Å²) in [5, 5.41) is 19.3. The van der Waals surface area contributed by atoms with E-state index in [1.807, 2.05) is 6.92 Å². The zero-order valence-electron chi connectivity index (χ0n) is 10.6. The van der Waals surface area contributed by atoms with Gasteiger partial charge in [-0.1, -0.05) is 6.92 Å². The number of nitrogens with zero attached hydrogens (tertiary/aromatic N) is 2. The molecule has 8 heteroatoms. The van der Waals surface area contributed by atoms with Crippen LogP contribution >= 0.6 is 0 Å². The number of aromatic nitrogens is 1. The van der Waals surface area contributed by atoms with Gasteiger partial charge in [0.15, 0.2) is 0 Å². The minimum atomic E-state index is -1.13. The molecule has 0 bridgehead atoms. The Balaban J connectivity index is 2.97. The van der Waals surface area contributed by atoms with Gasteiger partial charge < -0.3 is 15.0 Å². The maximum Gasteiger partial charge on any atom is 0.323 e. The molecule has 2 N–H and O–H groups in total. The van der Waals surface area contributed by atoms with Crippen molar-refractivity contribution >= 4 is 17.6 Å². The molecule has 1 aromatic rings. The van der Waals surface area contributed by atoms with Crippen molar-refractivity contribution in [1.82, 2.24) is 9.88 Å². The third-order valence-electron chi connectivity index (χ3n) is 2.80. The normalized spacial score (nSPS) is 11.9. The van der Waals surface area contributed by atoms with Crippen LogP contribution in [-0.2, 0) is 4.79 Å². The second-order valence-corrected chi connectivity index (χ2v) is 4.11. The van der Waals surface area contributed by atoms with Crippen molar-refractivity contribution in [3.63, 3.8) is 0 Å². The van der Waals surface area contributed by atoms with Crippen LogP contribution in [0.25, 0.3) is 0 Å². The Labute approximate surface area is 109 Å². The number of carboxylic acid groups (broad SMARTS) is 1. The smallest absolute Gasteiger partial charge is 0.323 e. The summed E-state index contributed by atoms with van der Waals surface area (Å²) in [5.74, 6) is -1.69. The lowest BCUT2D eigenvalue weighted by atomic mass is 10.2. The number of carboxylic acids is 1. The third-order valence-corrected chi connectivity index (χ3v) is 2.80. The monoisotopic (exact) mass is 269 g/mol. The van der Waals surface area contributed by atoms with E-state index in [0.29, 0.717) is 6.42 Å². The standard InChI is InChI=1S/C11H15N3O5/c1-3-7(2)13(6-10(15)16)11(17)9-4-8(5-12-9)14(18)19/h4-5,7,12H,3,6H2,1-2H3,(H,15,16). The largest absolute Gasteiger partial charge is 0.480 e. The van der Waals surface area contributed by atoms with E-state index in [1.54, 1.807) is 6.92 Å². The van der Waals surface area contributed by atoms with Crippen LogP contribution in [-0.4, -0.2) is 44.4 Å². The number of hydrogen-bond acceptors (Lipinski definition) is 4. The van der Waals surface area contributed by atoms with Gasteiger partial charge in [-0.3, -0.25) is 19.7 Å². The molecule has 1 atom stereocenters. The van der Waals surface area contributed by atoms with E-state index < -0.39 is 23.3 Å². The quantitative estimate of drug-likeness (QED) is 0.595. The number of aromatic amines is 1. The number of nitro groups is 1. The number of amides is 1. The van der Waals surface area contributed by atoms with Crippen LogP contribution in [0.1, 0.15) is 30.8 Å². The highest BCUT2D eigenvalue weighted by Crippen LogP contribution is 2.15. The molecule has 1 rings (SSSR count). The van der Waals surface area contributed by atoms with Gasteiger partial charge in [-0.2, -0.15) is 0 Å². The van der Waals surface area contributed by atoms with Gasteiger partial charge in [-0.15, -0.1) is 0 Å². The van der Waals surface area contributed by atoms with Crippen LogP contribution in [0.2, 0.25) is 0 Å². The van der Waals surface area contributed by atoms with Crippen molar-refractivity contribution in [2.75, 3.05) is 6.54 Å². The third kappa shape index (κ3) is 3.54. The van der Waals surface area contributed by atoms with Gasteiger partial charge >= 0.3 is 5.97 Å². The summed E-state index contributed by atoms with van der Waals surface area (Å²) in [5.41, 5.74) is -0.226. The van der Waals surface area contributed by atoms with E-state index in [2.05, 4.69) is 4.98 Å². The van der Waals surface area contributed by atoms with Crippen LogP contribution in [0.3, 0.4) is 0 Å². The highest BCUT2D eigenvalue weighted by atomic mass is 16.6. The molecule has 1 amide bonds. The number of carbonyl (C=O) groups is 2. The van der Waals surface area contributed by atoms with Crippen molar-refractivity contribution in [1.29, 1.82) is 0 Å². The molecule has 8 nitrogen and oxygen atoms in total. The van der Waals surface area contributed by atoms with Gasteiger partial charge in [0, 0.05) is 12.1 Å². The van der Waals surface area contributed by atoms with Gasteiger partial charge in [0.05, 0.1) is 11.1 Å². The van der Waals surface area contributed by atoms with Crippen molar-refractivity contribution in [2.24, 2.45) is 0 Å². The SMILES string of the molecule is CCC(C)N(CC(=O)O)C(=O)c1cc([N+](=O)[O-])c[nH]1. The average molecular weight is 269 g/mol. The van der Waals surface area contributed by atoms with Gasteiger partial charge in [0.2, 0.25) is 0 Å². The maximum absolute atomic E-state index is 12.1. The predicted molar refractivity (Wildman–Crippen MR) is 65.9 cm³/mol. The fraction of sp³-hybridized carbons (Fsp3) is 0.455. The lowest BCUT2D eigenvalue weighted by Gasteiger charge is -2.26. The van der Waals surface area contributed by atoms with E-state index in [1.165, 1.54) is 0 Å². The number of hydrogen-bond donors (Lipinski definition) is 2. The first-order chi connectivity index (χ1) is 8.86. The number of rotatable bonds is 6. The van der Waals surface area contributed by atoms with E-state index in [4.69, 9.17) is 5.11 Å². The topological polar surface area (TPSA) is 117 Å². The Morgan fingerprint density at radius 1 is 1.58 bits per heavy atom. The van der Waals surface area contributed by atoms with Gasteiger partial charge in [0.25, 0.3) is 11.6 Å². The van der Waals surface area contributed by atoms with Crippen LogP contribution in [0.4, 0.5) is 5.69 Å². The molecular formula is C11H15N3O5. The Morgan fingerprint density at radius 2 is 2.21 bits per heavy atom. The number of carbonyl (C=O) groups excluding carboxylic acids is 1. The van der Waals surface area contributed by atoms with Crippen LogP contribution < -0.4 is 0 Å². The summed E-state index contributed by atoms with van der Waals surface area (Å²) in [6.07, 6.45) is 1.69. The first-order valence-corrected chi connectivity index (χ1v) is 5.72. The lowest BCUT2D eigenvalue weighted by molar-refractivity contribution is -0.384. The van der Waals surface area contributed by atoms with Crippen LogP contribution in [0, 0.1) is 10.1 Å². The zero-order chi connectivity index (χ0) is 14.6. The average Bonchev–Trinajstić information content (AvgIpc) is 2.83. The molecule has 1 heterocycles. The fourth-order valence-corrected chi connectivity index (χ4v) is 1.56. The molecule has 104 valence electrons. The molecule has 0 aromatic carbocycles. The van der Waals surface area contributed by atoms with Crippen molar-refractivity contribution in [3.05, 3.63) is 28.1 Å². The molecule has 0 aliphatic carbocycles. The zero-order valence-corrected chi connectivity index (χ0v) is 10.6. The summed E-state index contributed by atoms with van der Waals surface area (Å²) < 4.78 is 0. The Hall–Kier alpha value is -2.38. The molecular weight excluding hydrogens is 254 g/mol. The highest BCUT2D eigenvalue weighted by molar-refractivity contribution is 5.95. The summed E-state index contributed by atoms with van der Waals surface area (Å²) in [4.78, 5) is 36.5. The van der Waals surface area contributed by atoms with Crippen molar-refractivity contribution < 1.29 is 19.6 Å². The Bertz CT molecular complexity index is 496. The number of aliphatic carboxylic acids is 1. The molecule has 0 saturated heterocycles. The van der Waals surface area contributed by atoms with Gasteiger partial charge in [-0.25, -0.2) is 0 Å². The lowest BCUT2D eigenvalue weighted by Crippen LogP contribution is -2.41. The molecule has 0 fully saturated rings. The first kappa shape index (κ1) is 14.7. The Kier molecular flexibility index (Phi) is 4.62. The van der Waals surface area contributed by atoms with Crippen LogP contribution in [0.15, 0.2) is 12.3 Å². The predicted octanol–water partition coefficient (Wildman–Crippen LogP) is 1.25. The molecule has 0 saturated carbocycles. The molecule has 1 aromatic heterocycles. The van der Waals surface area contributed by atoms with Crippen molar-refractivity contribution in [3.8, 4) is 0 Å². The molecule has 0 aliphatic heterocycles. The molecule has 0 radical (unpaired) electrons. The Morgan fingerprint density at radius 3 is 2.63 bits per heavy atom. The fourth-order valence-electron chi connectivity index (χ4n) is 1.56. The van der Waals surface area contributed by atoms with E-state index in [-0.39, 0.29) is 17.4 Å². The number of nitrogens with one attached hydrogen (secondary N) is 1. The van der Waals surface area contributed by atoms with E-state index in [0.717, 1.165) is 17.2 Å². The van der Waals surface area contributed by atoms with Gasteiger partial charge in [0.1, 0.15) is 12.2 Å². The van der Waals surface area contributed by atoms with Crippen molar-refractivity contribution in [2.45, 2.75) is 26.3 Å². The minimum absolute atomic E-state index is 0.00764. The van der Waals surface area contributed by atoms with Crippen LogP contribution in [0.5, 0.6) is 0 Å². The summed E-state index contributed by atoms with van der Waals surface area (Å²) in [7, 11) is 0. The minimum Gasteiger partial charge on any atom is -0.480 e. The second-order valence-electron chi connectivity index (χ2n) is 4.11. The molecule has 1 unspecified atom stereocenters. The molecule has 19 heavy (non-hydrogen) atoms. The molecule has 0 aliphatic rings. The summed E-state index contributed by atoms with van der Waals surface area (Å²) in [6.45, 7) is 3.10. The first-order valence-electron chi connectivity index (χ1n) is 5.72. The highest BCUT2D eigenvalue weighted by Gasteiger charge is 2.25. The second kappa shape index (κ2) is 5.98. The van der Waals surface area contributed by atoms with E-state index >= 15 is 0 Å². The van der Waals surface area contributed by atoms with E-state index in [9.17, 15) is 19.7 Å². The summed E-state index contributed by atoms with van der Waals surface area (Å²) in [6, 6.07) is 0.825. The molecule has 0 spiro atoms. The van der Waals surface area contributed by atoms with Gasteiger partial charge in [-0.05, 0) is 13.3 Å². The number of H-pyrrole nitrogens is 1. The summed E-state index contributed by atoms with van der Waals surface area (Å²) >= 11 is 0. The maximum atomic E-state index is 12.1.